The van der Waals surface area contributed by atoms with Gasteiger partial charge in [0.1, 0.15) is 0 Å². The smallest absolute Gasteiger partial charge is 0.223 e. The van der Waals surface area contributed by atoms with Crippen LogP contribution in [0.2, 0.25) is 0 Å². The maximum absolute atomic E-state index is 12.2. The summed E-state index contributed by atoms with van der Waals surface area (Å²) >= 11 is 0. The molecule has 2 aliphatic carbocycles. The molecule has 2 unspecified atom stereocenters. The fourth-order valence-electron chi connectivity index (χ4n) is 3.88. The number of amides is 1. The van der Waals surface area contributed by atoms with Gasteiger partial charge in [0.05, 0.1) is 0 Å². The van der Waals surface area contributed by atoms with E-state index in [1.165, 1.54) is 38.5 Å². The Hall–Kier alpha value is -0.280. The summed E-state index contributed by atoms with van der Waals surface area (Å²) in [5.41, 5.74) is 0. The molecule has 3 fully saturated rings. The van der Waals surface area contributed by atoms with Gasteiger partial charge in [-0.05, 0) is 37.6 Å². The highest BCUT2D eigenvalue weighted by molar-refractivity contribution is 5.85. The Morgan fingerprint density at radius 3 is 2.53 bits per heavy atom. The molecule has 3 rings (SSSR count). The lowest BCUT2D eigenvalue weighted by Gasteiger charge is -2.25. The van der Waals surface area contributed by atoms with E-state index in [1.54, 1.807) is 0 Å². The highest BCUT2D eigenvalue weighted by Gasteiger charge is 2.47. The number of nitrogens with one attached hydrogen (secondary N) is 2. The molecule has 110 valence electrons. The normalized spacial score (nSPS) is 35.3. The van der Waals surface area contributed by atoms with Gasteiger partial charge in [0.15, 0.2) is 0 Å². The van der Waals surface area contributed by atoms with Gasteiger partial charge >= 0.3 is 0 Å². The molecule has 4 heteroatoms. The van der Waals surface area contributed by atoms with Crippen LogP contribution < -0.4 is 10.6 Å². The molecule has 3 nitrogen and oxygen atoms in total. The fourth-order valence-corrected chi connectivity index (χ4v) is 3.88. The molecule has 1 heterocycles. The van der Waals surface area contributed by atoms with Crippen molar-refractivity contribution in [2.24, 2.45) is 17.8 Å². The van der Waals surface area contributed by atoms with E-state index in [0.717, 1.165) is 37.8 Å². The highest BCUT2D eigenvalue weighted by atomic mass is 35.5. The van der Waals surface area contributed by atoms with Crippen molar-refractivity contribution in [2.45, 2.75) is 57.4 Å². The zero-order chi connectivity index (χ0) is 12.4. The van der Waals surface area contributed by atoms with Crippen LogP contribution in [0.15, 0.2) is 0 Å². The van der Waals surface area contributed by atoms with Gasteiger partial charge in [0.2, 0.25) is 5.91 Å². The van der Waals surface area contributed by atoms with Crippen LogP contribution in [-0.4, -0.2) is 25.0 Å². The molecule has 0 aromatic rings. The van der Waals surface area contributed by atoms with E-state index in [0.29, 0.717) is 17.9 Å². The van der Waals surface area contributed by atoms with E-state index < -0.39 is 0 Å². The van der Waals surface area contributed by atoms with Crippen LogP contribution in [0.25, 0.3) is 0 Å². The molecule has 1 aliphatic heterocycles. The summed E-state index contributed by atoms with van der Waals surface area (Å²) in [6.07, 6.45) is 10.5. The van der Waals surface area contributed by atoms with Gasteiger partial charge in [0, 0.05) is 18.5 Å². The fraction of sp³-hybridized carbons (Fsp3) is 0.933. The Balaban J connectivity index is 0.00000133. The molecule has 2 saturated carbocycles. The molecule has 1 amide bonds. The van der Waals surface area contributed by atoms with Crippen molar-refractivity contribution in [1.82, 2.24) is 10.6 Å². The third kappa shape index (κ3) is 3.85. The summed E-state index contributed by atoms with van der Waals surface area (Å²) < 4.78 is 0. The second-order valence-corrected chi connectivity index (χ2v) is 6.46. The molecular weight excluding hydrogens is 260 g/mol. The Bertz CT molecular complexity index is 299. The third-order valence-corrected chi connectivity index (χ3v) is 5.08. The Morgan fingerprint density at radius 1 is 1.05 bits per heavy atom. The number of rotatable bonds is 3. The zero-order valence-corrected chi connectivity index (χ0v) is 12.5. The van der Waals surface area contributed by atoms with Gasteiger partial charge < -0.3 is 10.6 Å². The predicted molar refractivity (Wildman–Crippen MR) is 79.5 cm³/mol. The monoisotopic (exact) mass is 286 g/mol. The summed E-state index contributed by atoms with van der Waals surface area (Å²) in [5, 5.41) is 6.61. The maximum atomic E-state index is 12.2. The molecule has 0 aromatic heterocycles. The molecule has 0 spiro atoms. The maximum Gasteiger partial charge on any atom is 0.223 e. The summed E-state index contributed by atoms with van der Waals surface area (Å²) in [6.45, 7) is 2.08. The van der Waals surface area contributed by atoms with Gasteiger partial charge in [-0.25, -0.2) is 0 Å². The van der Waals surface area contributed by atoms with Crippen LogP contribution in [0, 0.1) is 17.8 Å². The molecule has 3 aliphatic rings. The minimum Gasteiger partial charge on any atom is -0.352 e. The van der Waals surface area contributed by atoms with Crippen molar-refractivity contribution in [2.75, 3.05) is 13.1 Å². The van der Waals surface area contributed by atoms with Gasteiger partial charge in [0.25, 0.3) is 0 Å². The van der Waals surface area contributed by atoms with Gasteiger partial charge in [-0.2, -0.15) is 0 Å². The first-order chi connectivity index (χ1) is 8.84. The van der Waals surface area contributed by atoms with Crippen molar-refractivity contribution < 1.29 is 4.79 Å². The number of carbonyl (C=O) groups is 1. The first kappa shape index (κ1) is 15.1. The lowest BCUT2D eigenvalue weighted by Crippen LogP contribution is -2.46. The average molecular weight is 287 g/mol. The van der Waals surface area contributed by atoms with E-state index in [2.05, 4.69) is 10.6 Å². The summed E-state index contributed by atoms with van der Waals surface area (Å²) in [7, 11) is 0. The van der Waals surface area contributed by atoms with Gasteiger partial charge in [-0.15, -0.1) is 12.4 Å². The number of halogens is 1. The van der Waals surface area contributed by atoms with Crippen LogP contribution in [0.1, 0.15) is 51.4 Å². The standard InChI is InChI=1S/C15H26N2O.ClH/c18-15(17-12-7-4-8-16-10-12)14-9-13(14)11-5-2-1-3-6-11;/h11-14,16H,1-10H2,(H,17,18);1H/t12-,13?,14?;/m0./s1. The van der Waals surface area contributed by atoms with E-state index in [-0.39, 0.29) is 12.4 Å². The predicted octanol–water partition coefficient (Wildman–Crippen LogP) is 2.49. The van der Waals surface area contributed by atoms with E-state index in [9.17, 15) is 4.79 Å². The summed E-state index contributed by atoms with van der Waals surface area (Å²) in [5.74, 6) is 2.29. The van der Waals surface area contributed by atoms with Crippen molar-refractivity contribution in [3.05, 3.63) is 0 Å². The lowest BCUT2D eigenvalue weighted by molar-refractivity contribution is -0.123. The molecule has 0 bridgehead atoms. The van der Waals surface area contributed by atoms with Gasteiger partial charge in [-0.3, -0.25) is 4.79 Å². The second-order valence-electron chi connectivity index (χ2n) is 6.46. The van der Waals surface area contributed by atoms with Crippen molar-refractivity contribution in [3.8, 4) is 0 Å². The van der Waals surface area contributed by atoms with Crippen LogP contribution in [0.5, 0.6) is 0 Å². The Kier molecular flexibility index (Phi) is 5.52. The minimum absolute atomic E-state index is 0. The Labute approximate surface area is 122 Å². The lowest BCUT2D eigenvalue weighted by atomic mass is 9.85. The zero-order valence-electron chi connectivity index (χ0n) is 11.7. The largest absolute Gasteiger partial charge is 0.352 e. The Morgan fingerprint density at radius 2 is 1.84 bits per heavy atom. The number of hydrogen-bond donors (Lipinski definition) is 2. The number of piperidine rings is 1. The molecule has 19 heavy (non-hydrogen) atoms. The quantitative estimate of drug-likeness (QED) is 0.837. The van der Waals surface area contributed by atoms with Gasteiger partial charge in [-0.1, -0.05) is 32.1 Å². The number of hydrogen-bond acceptors (Lipinski definition) is 2. The van der Waals surface area contributed by atoms with Crippen molar-refractivity contribution in [1.29, 1.82) is 0 Å². The van der Waals surface area contributed by atoms with Crippen LogP contribution in [0.3, 0.4) is 0 Å². The van der Waals surface area contributed by atoms with E-state index in [1.807, 2.05) is 0 Å². The van der Waals surface area contributed by atoms with Crippen LogP contribution in [-0.2, 0) is 4.79 Å². The summed E-state index contributed by atoms with van der Waals surface area (Å²) in [4.78, 5) is 12.2. The van der Waals surface area contributed by atoms with E-state index in [4.69, 9.17) is 0 Å². The summed E-state index contributed by atoms with van der Waals surface area (Å²) in [6, 6.07) is 0.388. The first-order valence-corrected chi connectivity index (χ1v) is 7.85. The van der Waals surface area contributed by atoms with Crippen LogP contribution >= 0.6 is 12.4 Å². The molecule has 0 radical (unpaired) electrons. The van der Waals surface area contributed by atoms with Crippen molar-refractivity contribution in [3.63, 3.8) is 0 Å². The second kappa shape index (κ2) is 6.94. The minimum atomic E-state index is 0. The molecule has 2 N–H and O–H groups in total. The average Bonchev–Trinajstić information content (AvgIpc) is 3.21. The van der Waals surface area contributed by atoms with E-state index >= 15 is 0 Å². The molecular formula is C15H27ClN2O. The first-order valence-electron chi connectivity index (χ1n) is 7.85. The molecule has 1 saturated heterocycles. The SMILES string of the molecule is Cl.O=C(N[C@H]1CCCNC1)C1CC1C1CCCCC1. The van der Waals surface area contributed by atoms with Crippen LogP contribution in [0.4, 0.5) is 0 Å². The topological polar surface area (TPSA) is 41.1 Å². The number of carbonyl (C=O) groups excluding carboxylic acids is 1. The van der Waals surface area contributed by atoms with Crippen molar-refractivity contribution >= 4 is 18.3 Å². The molecule has 0 aromatic carbocycles. The third-order valence-electron chi connectivity index (χ3n) is 5.08. The molecule has 3 atom stereocenters. The highest BCUT2D eigenvalue weighted by Crippen LogP contribution is 2.49.